The van der Waals surface area contributed by atoms with Crippen molar-refractivity contribution in [1.82, 2.24) is 29.9 Å². The van der Waals surface area contributed by atoms with Crippen LogP contribution in [-0.4, -0.2) is 29.9 Å². The maximum Gasteiger partial charge on any atom is 0.246 e. The summed E-state index contributed by atoms with van der Waals surface area (Å²) in [5, 5.41) is 0. The predicted octanol–water partition coefficient (Wildman–Crippen LogP) is 12.2. The van der Waals surface area contributed by atoms with E-state index in [1.54, 1.807) is 0 Å². The Kier molecular flexibility index (Phi) is 8.36. The number of ether oxygens (including phenoxy) is 1. The van der Waals surface area contributed by atoms with Gasteiger partial charge < -0.3 is 9.15 Å². The first kappa shape index (κ1) is 34.2. The topological polar surface area (TPSA) is 99.7 Å². The van der Waals surface area contributed by atoms with E-state index >= 15 is 0 Å². The van der Waals surface area contributed by atoms with Crippen LogP contribution in [0.5, 0.6) is 11.5 Å². The second-order valence-corrected chi connectivity index (χ2v) is 14.3. The van der Waals surface area contributed by atoms with Gasteiger partial charge in [-0.3, -0.25) is 0 Å². The lowest BCUT2D eigenvalue weighted by atomic mass is 9.91. The molecule has 0 spiro atoms. The molecule has 0 unspecified atom stereocenters. The summed E-state index contributed by atoms with van der Waals surface area (Å²) < 4.78 is 12.7. The minimum atomic E-state index is 0.409. The SMILES string of the molecule is c1ccc(-c2nc(-c3nc4ccccc4o3)cc(-c3cc(-c4nc(-c5ccccc5)nc(-c5ccccc5)n4)ccc3-c3ccc4c(c3)Cc3ccccc3O4)n2)cc1. The Morgan fingerprint density at radius 2 is 0.915 bits per heavy atom. The van der Waals surface area contributed by atoms with Gasteiger partial charge in [0.15, 0.2) is 28.9 Å². The Bertz CT molecular complexity index is 3080. The summed E-state index contributed by atoms with van der Waals surface area (Å²) in [5.41, 5.74) is 11.3. The van der Waals surface area contributed by atoms with E-state index in [-0.39, 0.29) is 0 Å². The van der Waals surface area contributed by atoms with E-state index < -0.39 is 0 Å². The van der Waals surface area contributed by atoms with Crippen molar-refractivity contribution in [3.63, 3.8) is 0 Å². The molecule has 1 aliphatic rings. The lowest BCUT2D eigenvalue weighted by Gasteiger charge is -2.21. The normalized spacial score (nSPS) is 11.8. The monoisotopic (exact) mass is 760 g/mol. The van der Waals surface area contributed by atoms with E-state index in [9.17, 15) is 0 Å². The van der Waals surface area contributed by atoms with Gasteiger partial charge in [-0.2, -0.15) is 0 Å². The van der Waals surface area contributed by atoms with E-state index in [2.05, 4.69) is 48.5 Å². The van der Waals surface area contributed by atoms with Crippen molar-refractivity contribution in [2.24, 2.45) is 0 Å². The number of rotatable bonds is 7. The lowest BCUT2D eigenvalue weighted by molar-refractivity contribution is 0.460. The molecule has 59 heavy (non-hydrogen) atoms. The third kappa shape index (κ3) is 6.58. The van der Waals surface area contributed by atoms with Crippen LogP contribution in [0.3, 0.4) is 0 Å². The van der Waals surface area contributed by atoms with Crippen LogP contribution in [0, 0.1) is 0 Å². The molecule has 0 atom stereocenters. The molecule has 4 heterocycles. The van der Waals surface area contributed by atoms with Crippen LogP contribution in [0.4, 0.5) is 0 Å². The summed E-state index contributed by atoms with van der Waals surface area (Å²) >= 11 is 0. The van der Waals surface area contributed by atoms with Crippen molar-refractivity contribution in [2.45, 2.75) is 6.42 Å². The summed E-state index contributed by atoms with van der Waals surface area (Å²) in [6.07, 6.45) is 0.760. The van der Waals surface area contributed by atoms with Gasteiger partial charge in [0.05, 0.1) is 5.69 Å². The fourth-order valence-electron chi connectivity index (χ4n) is 7.54. The number of aromatic nitrogens is 6. The summed E-state index contributed by atoms with van der Waals surface area (Å²) in [6, 6.07) is 60.5. The quantitative estimate of drug-likeness (QED) is 0.158. The van der Waals surface area contributed by atoms with E-state index in [4.69, 9.17) is 39.1 Å². The van der Waals surface area contributed by atoms with Gasteiger partial charge in [-0.15, -0.1) is 0 Å². The third-order valence-corrected chi connectivity index (χ3v) is 10.5. The molecule has 1 aliphatic heterocycles. The van der Waals surface area contributed by atoms with E-state index in [0.717, 1.165) is 73.5 Å². The fourth-order valence-corrected chi connectivity index (χ4v) is 7.54. The molecule has 278 valence electrons. The Morgan fingerprint density at radius 3 is 1.61 bits per heavy atom. The van der Waals surface area contributed by atoms with Gasteiger partial charge in [0.1, 0.15) is 22.7 Å². The molecule has 8 heteroatoms. The number of para-hydroxylation sites is 3. The molecule has 0 radical (unpaired) electrons. The molecule has 0 bridgehead atoms. The van der Waals surface area contributed by atoms with Crippen LogP contribution in [-0.2, 0) is 6.42 Å². The standard InChI is InChI=1S/C51H32N6O2/c1-4-14-32(15-5-1)47-52-42(31-43(53-47)51-54-41-21-11-13-23-46(41)59-51)40-30-37(24-26-39(40)35-25-27-45-38(28-35)29-36-20-10-12-22-44(36)58-45)50-56-48(33-16-6-2-7-17-33)55-49(57-50)34-18-8-3-9-19-34/h1-28,30-31H,29H2. The molecule has 0 saturated carbocycles. The van der Waals surface area contributed by atoms with Crippen LogP contribution < -0.4 is 4.74 Å². The van der Waals surface area contributed by atoms with Gasteiger partial charge in [-0.05, 0) is 64.7 Å². The van der Waals surface area contributed by atoms with Crippen molar-refractivity contribution in [3.05, 3.63) is 193 Å². The predicted molar refractivity (Wildman–Crippen MR) is 230 cm³/mol. The summed E-state index contributed by atoms with van der Waals surface area (Å²) in [7, 11) is 0. The highest BCUT2D eigenvalue weighted by Gasteiger charge is 2.22. The molecule has 3 aromatic heterocycles. The average Bonchev–Trinajstić information content (AvgIpc) is 3.76. The maximum absolute atomic E-state index is 6.35. The van der Waals surface area contributed by atoms with E-state index in [1.165, 1.54) is 0 Å². The third-order valence-electron chi connectivity index (χ3n) is 10.5. The van der Waals surface area contributed by atoms with Gasteiger partial charge in [-0.1, -0.05) is 140 Å². The molecule has 10 aromatic rings. The number of hydrogen-bond donors (Lipinski definition) is 0. The molecule has 0 amide bonds. The number of oxazole rings is 1. The van der Waals surface area contributed by atoms with Gasteiger partial charge in [-0.25, -0.2) is 29.9 Å². The minimum Gasteiger partial charge on any atom is -0.457 e. The molecule has 0 saturated heterocycles. The van der Waals surface area contributed by atoms with Crippen LogP contribution in [0.25, 0.3) is 90.6 Å². The zero-order chi connectivity index (χ0) is 39.1. The highest BCUT2D eigenvalue weighted by molar-refractivity contribution is 5.88. The number of fused-ring (bicyclic) bond motifs is 3. The molecule has 0 aliphatic carbocycles. The molecular formula is C51H32N6O2. The molecular weight excluding hydrogens is 729 g/mol. The van der Waals surface area contributed by atoms with Crippen molar-refractivity contribution in [3.8, 4) is 91.0 Å². The Labute approximate surface area is 339 Å². The highest BCUT2D eigenvalue weighted by atomic mass is 16.5. The lowest BCUT2D eigenvalue weighted by Crippen LogP contribution is -2.03. The average molecular weight is 761 g/mol. The van der Waals surface area contributed by atoms with E-state index in [0.29, 0.717) is 46.2 Å². The van der Waals surface area contributed by atoms with Crippen molar-refractivity contribution >= 4 is 11.1 Å². The van der Waals surface area contributed by atoms with Gasteiger partial charge in [0, 0.05) is 34.2 Å². The molecule has 0 N–H and O–H groups in total. The summed E-state index contributed by atoms with van der Waals surface area (Å²) in [6.45, 7) is 0. The first-order valence-corrected chi connectivity index (χ1v) is 19.4. The van der Waals surface area contributed by atoms with Crippen LogP contribution >= 0.6 is 0 Å². The number of benzene rings is 7. The highest BCUT2D eigenvalue weighted by Crippen LogP contribution is 2.42. The molecule has 11 rings (SSSR count). The van der Waals surface area contributed by atoms with Crippen LogP contribution in [0.2, 0.25) is 0 Å². The van der Waals surface area contributed by atoms with Crippen molar-refractivity contribution in [2.75, 3.05) is 0 Å². The van der Waals surface area contributed by atoms with Crippen LogP contribution in [0.1, 0.15) is 11.1 Å². The van der Waals surface area contributed by atoms with Crippen LogP contribution in [0.15, 0.2) is 186 Å². The number of hydrogen-bond acceptors (Lipinski definition) is 8. The second-order valence-electron chi connectivity index (χ2n) is 14.3. The minimum absolute atomic E-state index is 0.409. The smallest absolute Gasteiger partial charge is 0.246 e. The number of nitrogens with zero attached hydrogens (tertiary/aromatic N) is 6. The van der Waals surface area contributed by atoms with Crippen molar-refractivity contribution < 1.29 is 9.15 Å². The zero-order valence-electron chi connectivity index (χ0n) is 31.5. The largest absolute Gasteiger partial charge is 0.457 e. The Hall–Kier alpha value is -8.10. The van der Waals surface area contributed by atoms with E-state index in [1.807, 2.05) is 133 Å². The Morgan fingerprint density at radius 1 is 0.356 bits per heavy atom. The first-order valence-electron chi connectivity index (χ1n) is 19.4. The molecule has 7 aromatic carbocycles. The summed E-state index contributed by atoms with van der Waals surface area (Å²) in [5.74, 6) is 4.41. The zero-order valence-corrected chi connectivity index (χ0v) is 31.5. The fraction of sp³-hybridized carbons (Fsp3) is 0.0196. The first-order chi connectivity index (χ1) is 29.2. The van der Waals surface area contributed by atoms with Gasteiger partial charge in [0.2, 0.25) is 5.89 Å². The van der Waals surface area contributed by atoms with Gasteiger partial charge in [0.25, 0.3) is 0 Å². The second kappa shape index (κ2) is 14.4. The summed E-state index contributed by atoms with van der Waals surface area (Å²) in [4.78, 5) is 30.2. The molecule has 8 nitrogen and oxygen atoms in total. The van der Waals surface area contributed by atoms with Gasteiger partial charge >= 0.3 is 0 Å². The van der Waals surface area contributed by atoms with Crippen molar-refractivity contribution in [1.29, 1.82) is 0 Å². The molecule has 0 fully saturated rings. The Balaban J connectivity index is 1.13. The maximum atomic E-state index is 6.35.